The van der Waals surface area contributed by atoms with Crippen LogP contribution in [0, 0.1) is 5.41 Å². The van der Waals surface area contributed by atoms with Gasteiger partial charge in [0, 0.05) is 17.3 Å². The van der Waals surface area contributed by atoms with Gasteiger partial charge in [-0.25, -0.2) is 9.78 Å². The molecule has 0 saturated heterocycles. The number of rotatable bonds is 4. The lowest BCUT2D eigenvalue weighted by molar-refractivity contribution is 0.0697. The minimum Gasteiger partial charge on any atom is -0.478 e. The van der Waals surface area contributed by atoms with Gasteiger partial charge in [-0.2, -0.15) is 0 Å². The van der Waals surface area contributed by atoms with Crippen LogP contribution in [-0.2, 0) is 0 Å². The molecule has 0 unspecified atom stereocenters. The molecule has 1 aliphatic carbocycles. The highest BCUT2D eigenvalue weighted by Gasteiger charge is 2.40. The summed E-state index contributed by atoms with van der Waals surface area (Å²) in [6.07, 6.45) is 3.73. The van der Waals surface area contributed by atoms with E-state index in [1.54, 1.807) is 0 Å². The molecule has 16 heavy (non-hydrogen) atoms. The first kappa shape index (κ1) is 10.7. The van der Waals surface area contributed by atoms with E-state index in [1.165, 1.54) is 18.3 Å². The number of hydrogen-bond donors (Lipinski definition) is 2. The van der Waals surface area contributed by atoms with E-state index >= 15 is 0 Å². The molecule has 1 aromatic rings. The van der Waals surface area contributed by atoms with Gasteiger partial charge in [0.15, 0.2) is 0 Å². The molecule has 4 nitrogen and oxygen atoms in total. The minimum absolute atomic E-state index is 0.154. The predicted molar refractivity (Wildman–Crippen MR) is 61.3 cm³/mol. The van der Waals surface area contributed by atoms with Gasteiger partial charge in [-0.15, -0.1) is 0 Å². The van der Waals surface area contributed by atoms with Crippen molar-refractivity contribution < 1.29 is 9.90 Å². The molecule has 1 aliphatic rings. The summed E-state index contributed by atoms with van der Waals surface area (Å²) < 4.78 is 0. The van der Waals surface area contributed by atoms with Crippen molar-refractivity contribution in [3.63, 3.8) is 0 Å². The maximum Gasteiger partial charge on any atom is 0.335 e. The summed E-state index contributed by atoms with van der Waals surface area (Å²) in [5, 5.41) is 11.9. The van der Waals surface area contributed by atoms with Crippen molar-refractivity contribution >= 4 is 11.8 Å². The van der Waals surface area contributed by atoms with Crippen LogP contribution in [0.2, 0.25) is 0 Å². The van der Waals surface area contributed by atoms with Gasteiger partial charge in [-0.05, 0) is 25.0 Å². The van der Waals surface area contributed by atoms with E-state index < -0.39 is 5.97 Å². The van der Waals surface area contributed by atoms with Crippen LogP contribution in [0.25, 0.3) is 0 Å². The third-order valence-corrected chi connectivity index (χ3v) is 3.01. The van der Waals surface area contributed by atoms with Crippen molar-refractivity contribution in [1.82, 2.24) is 4.98 Å². The van der Waals surface area contributed by atoms with Crippen LogP contribution in [0.15, 0.2) is 30.6 Å². The second kappa shape index (κ2) is 3.63. The third-order valence-electron chi connectivity index (χ3n) is 3.01. The number of aromatic nitrogens is 1. The topological polar surface area (TPSA) is 62.2 Å². The highest BCUT2D eigenvalue weighted by molar-refractivity contribution is 5.88. The zero-order valence-corrected chi connectivity index (χ0v) is 9.16. The van der Waals surface area contributed by atoms with Crippen LogP contribution in [0.1, 0.15) is 30.1 Å². The highest BCUT2D eigenvalue weighted by Crippen LogP contribution is 2.50. The molecule has 84 valence electrons. The molecule has 0 spiro atoms. The first-order valence-electron chi connectivity index (χ1n) is 5.17. The fourth-order valence-corrected chi connectivity index (χ4v) is 1.43. The zero-order chi connectivity index (χ0) is 11.8. The second-order valence-electron chi connectivity index (χ2n) is 4.40. The maximum absolute atomic E-state index is 10.8. The first-order chi connectivity index (χ1) is 7.51. The van der Waals surface area contributed by atoms with Gasteiger partial charge in [-0.3, -0.25) is 0 Å². The standard InChI is InChI=1S/C12H14N2O2/c1-8(12(2)4-5-12)14-10-7-9(11(15)16)3-6-13-10/h3,6-7H,1,4-5H2,2H3,(H,13,14)(H,15,16). The number of pyridine rings is 1. The van der Waals surface area contributed by atoms with Crippen LogP contribution in [0.4, 0.5) is 5.82 Å². The number of carboxylic acids is 1. The van der Waals surface area contributed by atoms with Gasteiger partial charge >= 0.3 is 5.97 Å². The summed E-state index contributed by atoms with van der Waals surface area (Å²) in [4.78, 5) is 14.8. The SMILES string of the molecule is C=C(Nc1cc(C(=O)O)ccn1)C1(C)CC1. The van der Waals surface area contributed by atoms with E-state index in [1.807, 2.05) is 0 Å². The van der Waals surface area contributed by atoms with E-state index in [4.69, 9.17) is 5.11 Å². The zero-order valence-electron chi connectivity index (χ0n) is 9.16. The van der Waals surface area contributed by atoms with Crippen molar-refractivity contribution in [3.05, 3.63) is 36.2 Å². The van der Waals surface area contributed by atoms with Crippen molar-refractivity contribution in [1.29, 1.82) is 0 Å². The Morgan fingerprint density at radius 2 is 2.31 bits per heavy atom. The third kappa shape index (κ3) is 2.05. The number of carboxylic acid groups (broad SMARTS) is 1. The summed E-state index contributed by atoms with van der Waals surface area (Å²) >= 11 is 0. The van der Waals surface area contributed by atoms with Gasteiger partial charge in [-0.1, -0.05) is 13.5 Å². The normalized spacial score (nSPS) is 16.6. The van der Waals surface area contributed by atoms with Crippen molar-refractivity contribution in [2.24, 2.45) is 5.41 Å². The largest absolute Gasteiger partial charge is 0.478 e. The van der Waals surface area contributed by atoms with Crippen molar-refractivity contribution in [2.45, 2.75) is 19.8 Å². The lowest BCUT2D eigenvalue weighted by Crippen LogP contribution is -2.09. The molecule has 2 rings (SSSR count). The first-order valence-corrected chi connectivity index (χ1v) is 5.17. The summed E-state index contributed by atoms with van der Waals surface area (Å²) in [5.74, 6) is -0.410. The van der Waals surface area contributed by atoms with Gasteiger partial charge in [0.1, 0.15) is 5.82 Å². The molecular formula is C12H14N2O2. The number of carbonyl (C=O) groups is 1. The molecule has 1 heterocycles. The molecule has 1 aromatic heterocycles. The van der Waals surface area contributed by atoms with Crippen LogP contribution in [-0.4, -0.2) is 16.1 Å². The molecular weight excluding hydrogens is 204 g/mol. The van der Waals surface area contributed by atoms with Crippen LogP contribution in [0.5, 0.6) is 0 Å². The Bertz CT molecular complexity index is 450. The van der Waals surface area contributed by atoms with Crippen LogP contribution in [0.3, 0.4) is 0 Å². The molecule has 0 amide bonds. The molecule has 1 saturated carbocycles. The van der Waals surface area contributed by atoms with E-state index in [0.717, 1.165) is 18.5 Å². The number of anilines is 1. The fourth-order valence-electron chi connectivity index (χ4n) is 1.43. The average Bonchev–Trinajstić information content (AvgIpc) is 2.98. The number of hydrogen-bond acceptors (Lipinski definition) is 3. The fraction of sp³-hybridized carbons (Fsp3) is 0.333. The minimum atomic E-state index is -0.950. The van der Waals surface area contributed by atoms with Gasteiger partial charge in [0.25, 0.3) is 0 Å². The van der Waals surface area contributed by atoms with Gasteiger partial charge in [0.05, 0.1) is 5.56 Å². The molecule has 1 fully saturated rings. The van der Waals surface area contributed by atoms with Gasteiger partial charge < -0.3 is 10.4 Å². The molecule has 0 atom stereocenters. The highest BCUT2D eigenvalue weighted by atomic mass is 16.4. The molecule has 0 bridgehead atoms. The summed E-state index contributed by atoms with van der Waals surface area (Å²) in [6, 6.07) is 2.98. The predicted octanol–water partition coefficient (Wildman–Crippen LogP) is 2.51. The second-order valence-corrected chi connectivity index (χ2v) is 4.40. The number of allylic oxidation sites excluding steroid dienone is 1. The molecule has 4 heteroatoms. The lowest BCUT2D eigenvalue weighted by Gasteiger charge is -2.14. The van der Waals surface area contributed by atoms with Crippen molar-refractivity contribution in [3.8, 4) is 0 Å². The maximum atomic E-state index is 10.8. The Labute approximate surface area is 94.0 Å². The number of aromatic carboxylic acids is 1. The van der Waals surface area contributed by atoms with Gasteiger partial charge in [0.2, 0.25) is 0 Å². The van der Waals surface area contributed by atoms with Crippen molar-refractivity contribution in [2.75, 3.05) is 5.32 Å². The van der Waals surface area contributed by atoms with E-state index in [0.29, 0.717) is 5.82 Å². The number of nitrogens with zero attached hydrogens (tertiary/aromatic N) is 1. The monoisotopic (exact) mass is 218 g/mol. The van der Waals surface area contributed by atoms with E-state index in [-0.39, 0.29) is 11.0 Å². The summed E-state index contributed by atoms with van der Waals surface area (Å²) in [7, 11) is 0. The Morgan fingerprint density at radius 1 is 1.62 bits per heavy atom. The molecule has 0 radical (unpaired) electrons. The van der Waals surface area contributed by atoms with E-state index in [9.17, 15) is 4.79 Å². The Kier molecular flexibility index (Phi) is 2.42. The Hall–Kier alpha value is -1.84. The van der Waals surface area contributed by atoms with Crippen LogP contribution < -0.4 is 5.32 Å². The lowest BCUT2D eigenvalue weighted by atomic mass is 10.1. The molecule has 0 aliphatic heterocycles. The molecule has 0 aromatic carbocycles. The van der Waals surface area contributed by atoms with E-state index in [2.05, 4.69) is 23.8 Å². The smallest absolute Gasteiger partial charge is 0.335 e. The Morgan fingerprint density at radius 3 is 2.88 bits per heavy atom. The number of nitrogens with one attached hydrogen (secondary N) is 1. The average molecular weight is 218 g/mol. The summed E-state index contributed by atoms with van der Waals surface area (Å²) in [6.45, 7) is 6.09. The quantitative estimate of drug-likeness (QED) is 0.815. The Balaban J connectivity index is 2.12. The summed E-state index contributed by atoms with van der Waals surface area (Å²) in [5.41, 5.74) is 1.29. The molecule has 2 N–H and O–H groups in total. The van der Waals surface area contributed by atoms with Crippen LogP contribution >= 0.6 is 0 Å².